The molecular formula is C13H17F2N3O2. The van der Waals surface area contributed by atoms with Crippen molar-refractivity contribution in [3.8, 4) is 0 Å². The van der Waals surface area contributed by atoms with Gasteiger partial charge in [0.05, 0.1) is 6.42 Å². The van der Waals surface area contributed by atoms with Crippen molar-refractivity contribution in [3.63, 3.8) is 0 Å². The zero-order valence-electron chi connectivity index (χ0n) is 10.9. The number of nitrogens with one attached hydrogen (secondary N) is 1. The van der Waals surface area contributed by atoms with E-state index in [0.717, 1.165) is 12.1 Å². The Kier molecular flexibility index (Phi) is 6.42. The van der Waals surface area contributed by atoms with Crippen LogP contribution in [0, 0.1) is 11.6 Å². The van der Waals surface area contributed by atoms with Crippen LogP contribution >= 0.6 is 0 Å². The average Bonchev–Trinajstić information content (AvgIpc) is 2.41. The predicted molar refractivity (Wildman–Crippen MR) is 70.3 cm³/mol. The van der Waals surface area contributed by atoms with Gasteiger partial charge in [0.2, 0.25) is 5.91 Å². The summed E-state index contributed by atoms with van der Waals surface area (Å²) in [5.41, 5.74) is 5.44. The van der Waals surface area contributed by atoms with Crippen molar-refractivity contribution in [2.75, 3.05) is 6.54 Å². The van der Waals surface area contributed by atoms with Crippen LogP contribution in [0.5, 0.6) is 0 Å². The smallest absolute Gasteiger partial charge is 0.224 e. The van der Waals surface area contributed by atoms with E-state index < -0.39 is 11.6 Å². The van der Waals surface area contributed by atoms with Gasteiger partial charge in [0, 0.05) is 19.0 Å². The van der Waals surface area contributed by atoms with Gasteiger partial charge in [-0.15, -0.1) is 0 Å². The molecule has 0 aliphatic carbocycles. The van der Waals surface area contributed by atoms with Gasteiger partial charge in [0.15, 0.2) is 0 Å². The molecule has 5 nitrogen and oxygen atoms in total. The monoisotopic (exact) mass is 285 g/mol. The van der Waals surface area contributed by atoms with E-state index in [0.29, 0.717) is 25.8 Å². The minimum atomic E-state index is -0.730. The van der Waals surface area contributed by atoms with E-state index in [1.54, 1.807) is 0 Å². The Balaban J connectivity index is 2.27. The summed E-state index contributed by atoms with van der Waals surface area (Å²) in [4.78, 5) is 11.5. The van der Waals surface area contributed by atoms with Gasteiger partial charge in [-0.1, -0.05) is 11.2 Å². The minimum absolute atomic E-state index is 0.133. The molecule has 0 saturated heterocycles. The number of carbonyl (C=O) groups is 1. The number of amides is 1. The molecule has 0 aliphatic rings. The lowest BCUT2D eigenvalue weighted by Crippen LogP contribution is -2.26. The van der Waals surface area contributed by atoms with Crippen molar-refractivity contribution in [1.82, 2.24) is 5.32 Å². The number of benzene rings is 1. The first-order chi connectivity index (χ1) is 9.52. The van der Waals surface area contributed by atoms with Gasteiger partial charge in [-0.25, -0.2) is 8.78 Å². The summed E-state index contributed by atoms with van der Waals surface area (Å²) >= 11 is 0. The van der Waals surface area contributed by atoms with E-state index in [2.05, 4.69) is 10.5 Å². The first kappa shape index (κ1) is 15.9. The molecule has 1 rings (SSSR count). The normalized spacial score (nSPS) is 11.4. The molecule has 110 valence electrons. The molecule has 0 aliphatic heterocycles. The summed E-state index contributed by atoms with van der Waals surface area (Å²) in [6.07, 6.45) is 1.64. The first-order valence-corrected chi connectivity index (χ1v) is 6.20. The molecule has 0 atom stereocenters. The van der Waals surface area contributed by atoms with Crippen molar-refractivity contribution >= 4 is 11.7 Å². The van der Waals surface area contributed by atoms with Crippen molar-refractivity contribution < 1.29 is 18.8 Å². The molecule has 0 saturated carbocycles. The molecule has 20 heavy (non-hydrogen) atoms. The molecule has 0 radical (unpaired) electrons. The molecule has 1 aromatic carbocycles. The molecule has 0 spiro atoms. The van der Waals surface area contributed by atoms with E-state index in [4.69, 9.17) is 10.9 Å². The van der Waals surface area contributed by atoms with Crippen LogP contribution < -0.4 is 11.1 Å². The second-order valence-corrected chi connectivity index (χ2v) is 4.31. The van der Waals surface area contributed by atoms with E-state index in [-0.39, 0.29) is 23.7 Å². The SMILES string of the molecule is N/C(CCCCNC(=O)Cc1ccc(F)cc1F)=N/O. The Morgan fingerprint density at radius 3 is 2.75 bits per heavy atom. The number of unbranched alkanes of at least 4 members (excludes halogenated alkanes) is 1. The number of carbonyl (C=O) groups excluding carboxylic acids is 1. The Morgan fingerprint density at radius 1 is 1.35 bits per heavy atom. The maximum absolute atomic E-state index is 13.3. The largest absolute Gasteiger partial charge is 0.409 e. The molecule has 0 bridgehead atoms. The minimum Gasteiger partial charge on any atom is -0.409 e. The molecule has 0 aromatic heterocycles. The third-order valence-corrected chi connectivity index (χ3v) is 2.68. The van der Waals surface area contributed by atoms with Crippen molar-refractivity contribution in [2.45, 2.75) is 25.7 Å². The lowest BCUT2D eigenvalue weighted by Gasteiger charge is -2.06. The maximum Gasteiger partial charge on any atom is 0.224 e. The second kappa shape index (κ2) is 8.08. The highest BCUT2D eigenvalue weighted by Gasteiger charge is 2.08. The number of hydrogen-bond donors (Lipinski definition) is 3. The van der Waals surface area contributed by atoms with Crippen LogP contribution in [0.3, 0.4) is 0 Å². The summed E-state index contributed by atoms with van der Waals surface area (Å²) in [6, 6.07) is 3.12. The molecular weight excluding hydrogens is 268 g/mol. The molecule has 7 heteroatoms. The van der Waals surface area contributed by atoms with Gasteiger partial charge in [0.1, 0.15) is 17.5 Å². The molecule has 0 heterocycles. The van der Waals surface area contributed by atoms with Gasteiger partial charge < -0.3 is 16.3 Å². The number of nitrogens with zero attached hydrogens (tertiary/aromatic N) is 1. The average molecular weight is 285 g/mol. The second-order valence-electron chi connectivity index (χ2n) is 4.31. The summed E-state index contributed by atoms with van der Waals surface area (Å²) in [5.74, 6) is -1.59. The van der Waals surface area contributed by atoms with Crippen molar-refractivity contribution in [1.29, 1.82) is 0 Å². The first-order valence-electron chi connectivity index (χ1n) is 6.20. The predicted octanol–water partition coefficient (Wildman–Crippen LogP) is 1.54. The maximum atomic E-state index is 13.3. The molecule has 4 N–H and O–H groups in total. The molecule has 1 aromatic rings. The number of rotatable bonds is 7. The Hall–Kier alpha value is -2.18. The lowest BCUT2D eigenvalue weighted by atomic mass is 10.1. The fourth-order valence-electron chi connectivity index (χ4n) is 1.61. The zero-order chi connectivity index (χ0) is 15.0. The fraction of sp³-hybridized carbons (Fsp3) is 0.385. The van der Waals surface area contributed by atoms with Gasteiger partial charge >= 0.3 is 0 Å². The van der Waals surface area contributed by atoms with Crippen LogP contribution in [0.2, 0.25) is 0 Å². The van der Waals surface area contributed by atoms with E-state index in [9.17, 15) is 13.6 Å². The number of oxime groups is 1. The summed E-state index contributed by atoms with van der Waals surface area (Å²) < 4.78 is 26.0. The van der Waals surface area contributed by atoms with E-state index >= 15 is 0 Å². The fourth-order valence-corrected chi connectivity index (χ4v) is 1.61. The topological polar surface area (TPSA) is 87.7 Å². The highest BCUT2D eigenvalue weighted by atomic mass is 19.1. The van der Waals surface area contributed by atoms with Crippen LogP contribution in [-0.2, 0) is 11.2 Å². The van der Waals surface area contributed by atoms with Crippen LogP contribution in [0.15, 0.2) is 23.4 Å². The van der Waals surface area contributed by atoms with Gasteiger partial charge in [0.25, 0.3) is 0 Å². The highest BCUT2D eigenvalue weighted by molar-refractivity contribution is 5.79. The lowest BCUT2D eigenvalue weighted by molar-refractivity contribution is -0.120. The quantitative estimate of drug-likeness (QED) is 0.233. The van der Waals surface area contributed by atoms with Gasteiger partial charge in [-0.3, -0.25) is 4.79 Å². The van der Waals surface area contributed by atoms with E-state index in [1.165, 1.54) is 6.07 Å². The van der Waals surface area contributed by atoms with E-state index in [1.807, 2.05) is 0 Å². The molecule has 0 unspecified atom stereocenters. The third-order valence-electron chi connectivity index (χ3n) is 2.68. The molecule has 0 fully saturated rings. The number of amidine groups is 1. The van der Waals surface area contributed by atoms with Crippen LogP contribution in [-0.4, -0.2) is 23.5 Å². The third kappa shape index (κ3) is 5.64. The van der Waals surface area contributed by atoms with Gasteiger partial charge in [-0.2, -0.15) is 0 Å². The Morgan fingerprint density at radius 2 is 2.10 bits per heavy atom. The zero-order valence-corrected chi connectivity index (χ0v) is 10.9. The van der Waals surface area contributed by atoms with Crippen LogP contribution in [0.4, 0.5) is 8.78 Å². The number of halogens is 2. The Labute approximate surface area is 115 Å². The number of hydrogen-bond acceptors (Lipinski definition) is 3. The van der Waals surface area contributed by atoms with Crippen molar-refractivity contribution in [2.24, 2.45) is 10.9 Å². The summed E-state index contributed by atoms with van der Waals surface area (Å²) in [5, 5.41) is 13.8. The van der Waals surface area contributed by atoms with Crippen LogP contribution in [0.1, 0.15) is 24.8 Å². The van der Waals surface area contributed by atoms with Gasteiger partial charge in [-0.05, 0) is 24.5 Å². The standard InChI is InChI=1S/C13H17F2N3O2/c14-10-5-4-9(11(15)8-10)7-13(19)17-6-2-1-3-12(16)18-20/h4-5,8,20H,1-3,6-7H2,(H2,16,18)(H,17,19). The Bertz CT molecular complexity index is 493. The summed E-state index contributed by atoms with van der Waals surface area (Å²) in [7, 11) is 0. The summed E-state index contributed by atoms with van der Waals surface area (Å²) in [6.45, 7) is 0.417. The molecule has 1 amide bonds. The van der Waals surface area contributed by atoms with Crippen LogP contribution in [0.25, 0.3) is 0 Å². The highest BCUT2D eigenvalue weighted by Crippen LogP contribution is 2.10. The number of nitrogens with two attached hydrogens (primary N) is 1. The van der Waals surface area contributed by atoms with Crippen molar-refractivity contribution in [3.05, 3.63) is 35.4 Å².